The fraction of sp³-hybridized carbons (Fsp3) is 0.600. The summed E-state index contributed by atoms with van der Waals surface area (Å²) in [5.41, 5.74) is 0. The molecule has 1 aromatic heterocycles. The Morgan fingerprint density at radius 1 is 1.67 bits per heavy atom. The van der Waals surface area contributed by atoms with E-state index in [1.165, 1.54) is 0 Å². The molecule has 0 saturated carbocycles. The second kappa shape index (κ2) is 5.50. The van der Waals surface area contributed by atoms with E-state index in [4.69, 9.17) is 9.84 Å². The van der Waals surface area contributed by atoms with Crippen LogP contribution < -0.4 is 0 Å². The molecule has 84 valence electrons. The van der Waals surface area contributed by atoms with Gasteiger partial charge in [0.2, 0.25) is 0 Å². The predicted octanol–water partition coefficient (Wildman–Crippen LogP) is 0.935. The largest absolute Gasteiger partial charge is 0.479 e. The summed E-state index contributed by atoms with van der Waals surface area (Å²) in [6.07, 6.45) is 3.43. The third-order valence-electron chi connectivity index (χ3n) is 2.12. The number of nitrogens with zero attached hydrogens (tertiary/aromatic N) is 2. The first-order chi connectivity index (χ1) is 7.19. The Morgan fingerprint density at radius 2 is 2.40 bits per heavy atom. The maximum Gasteiger partial charge on any atom is 0.334 e. The number of aromatic nitrogens is 2. The van der Waals surface area contributed by atoms with Crippen molar-refractivity contribution in [2.24, 2.45) is 0 Å². The Hall–Kier alpha value is -1.36. The summed E-state index contributed by atoms with van der Waals surface area (Å²) in [7, 11) is 0. The lowest BCUT2D eigenvalue weighted by Gasteiger charge is -2.14. The number of aliphatic carboxylic acids is 1. The van der Waals surface area contributed by atoms with Crippen LogP contribution in [0.25, 0.3) is 0 Å². The van der Waals surface area contributed by atoms with Gasteiger partial charge in [0.1, 0.15) is 5.82 Å². The molecule has 0 aliphatic heterocycles. The quantitative estimate of drug-likeness (QED) is 0.762. The first kappa shape index (κ1) is 11.7. The molecule has 1 heterocycles. The monoisotopic (exact) mass is 212 g/mol. The first-order valence-corrected chi connectivity index (χ1v) is 5.03. The van der Waals surface area contributed by atoms with Crippen molar-refractivity contribution in [1.29, 1.82) is 0 Å². The summed E-state index contributed by atoms with van der Waals surface area (Å²) >= 11 is 0. The van der Waals surface area contributed by atoms with Crippen LogP contribution in [0.2, 0.25) is 0 Å². The Labute approximate surface area is 88.7 Å². The lowest BCUT2D eigenvalue weighted by atomic mass is 10.3. The smallest absolute Gasteiger partial charge is 0.334 e. The van der Waals surface area contributed by atoms with Crippen LogP contribution in [0.15, 0.2) is 12.4 Å². The zero-order valence-corrected chi connectivity index (χ0v) is 9.01. The van der Waals surface area contributed by atoms with Crippen LogP contribution in [0.4, 0.5) is 0 Å². The summed E-state index contributed by atoms with van der Waals surface area (Å²) in [6.45, 7) is 4.47. The molecule has 0 fully saturated rings. The lowest BCUT2D eigenvalue weighted by Crippen LogP contribution is -2.29. The van der Waals surface area contributed by atoms with Gasteiger partial charge in [0, 0.05) is 25.4 Å². The molecule has 1 atom stereocenters. The number of ether oxygens (including phenoxy) is 1. The van der Waals surface area contributed by atoms with Gasteiger partial charge in [-0.05, 0) is 6.92 Å². The minimum Gasteiger partial charge on any atom is -0.479 e. The summed E-state index contributed by atoms with van der Waals surface area (Å²) in [5.74, 6) is -0.0615. The highest BCUT2D eigenvalue weighted by Crippen LogP contribution is 2.03. The summed E-state index contributed by atoms with van der Waals surface area (Å²) in [5, 5.41) is 8.91. The molecule has 0 spiro atoms. The van der Waals surface area contributed by atoms with Gasteiger partial charge >= 0.3 is 5.97 Å². The maximum atomic E-state index is 10.9. The van der Waals surface area contributed by atoms with Gasteiger partial charge in [0.25, 0.3) is 0 Å². The van der Waals surface area contributed by atoms with Gasteiger partial charge in [0.15, 0.2) is 6.10 Å². The second-order valence-electron chi connectivity index (χ2n) is 3.13. The molecule has 0 aliphatic carbocycles. The molecule has 0 saturated heterocycles. The van der Waals surface area contributed by atoms with Crippen molar-refractivity contribution in [3.8, 4) is 0 Å². The number of carboxylic acid groups (broad SMARTS) is 1. The molecule has 5 nitrogen and oxygen atoms in total. The zero-order valence-electron chi connectivity index (χ0n) is 9.01. The molecular formula is C10H16N2O3. The highest BCUT2D eigenvalue weighted by atomic mass is 16.5. The average molecular weight is 212 g/mol. The van der Waals surface area contributed by atoms with E-state index in [-0.39, 0.29) is 0 Å². The number of rotatable bonds is 6. The van der Waals surface area contributed by atoms with Crippen LogP contribution in [-0.2, 0) is 22.5 Å². The van der Waals surface area contributed by atoms with E-state index < -0.39 is 12.1 Å². The van der Waals surface area contributed by atoms with Gasteiger partial charge in [-0.15, -0.1) is 0 Å². The van der Waals surface area contributed by atoms with Crippen LogP contribution in [0.5, 0.6) is 0 Å². The third-order valence-corrected chi connectivity index (χ3v) is 2.12. The van der Waals surface area contributed by atoms with Crippen LogP contribution in [0.1, 0.15) is 19.7 Å². The summed E-state index contributed by atoms with van der Waals surface area (Å²) in [6, 6.07) is 0. The van der Waals surface area contributed by atoms with Gasteiger partial charge in [-0.3, -0.25) is 0 Å². The topological polar surface area (TPSA) is 64.4 Å². The fourth-order valence-electron chi connectivity index (χ4n) is 1.40. The Morgan fingerprint density at radius 3 is 2.93 bits per heavy atom. The minimum atomic E-state index is -0.937. The molecule has 1 unspecified atom stereocenters. The van der Waals surface area contributed by atoms with E-state index in [9.17, 15) is 4.79 Å². The number of aryl methyl sites for hydroxylation is 1. The predicted molar refractivity (Wildman–Crippen MR) is 54.7 cm³/mol. The number of hydrogen-bond acceptors (Lipinski definition) is 3. The molecule has 0 amide bonds. The average Bonchev–Trinajstić information content (AvgIpc) is 2.64. The van der Waals surface area contributed by atoms with E-state index in [1.54, 1.807) is 19.3 Å². The van der Waals surface area contributed by atoms with Gasteiger partial charge in [-0.2, -0.15) is 0 Å². The van der Waals surface area contributed by atoms with Gasteiger partial charge in [-0.25, -0.2) is 9.78 Å². The Bertz CT molecular complexity index is 322. The molecule has 15 heavy (non-hydrogen) atoms. The van der Waals surface area contributed by atoms with E-state index in [2.05, 4.69) is 4.98 Å². The van der Waals surface area contributed by atoms with Crippen LogP contribution >= 0.6 is 0 Å². The first-order valence-electron chi connectivity index (χ1n) is 5.03. The number of carbonyl (C=O) groups is 1. The van der Waals surface area contributed by atoms with Crippen molar-refractivity contribution in [3.63, 3.8) is 0 Å². The molecule has 1 rings (SSSR count). The van der Waals surface area contributed by atoms with Crippen LogP contribution in [0.3, 0.4) is 0 Å². The SMILES string of the molecule is CCOC(Cn1ccnc1CC)C(=O)O. The van der Waals surface area contributed by atoms with Crippen LogP contribution in [-0.4, -0.2) is 33.3 Å². The number of imidazole rings is 1. The van der Waals surface area contributed by atoms with Crippen molar-refractivity contribution in [1.82, 2.24) is 9.55 Å². The van der Waals surface area contributed by atoms with E-state index in [0.717, 1.165) is 12.2 Å². The standard InChI is InChI=1S/C10H16N2O3/c1-3-9-11-5-6-12(9)7-8(10(13)14)15-4-2/h5-6,8H,3-4,7H2,1-2H3,(H,13,14). The molecular weight excluding hydrogens is 196 g/mol. The Kier molecular flexibility index (Phi) is 4.30. The fourth-order valence-corrected chi connectivity index (χ4v) is 1.40. The summed E-state index contributed by atoms with van der Waals surface area (Å²) in [4.78, 5) is 15.0. The number of carboxylic acids is 1. The second-order valence-corrected chi connectivity index (χ2v) is 3.13. The lowest BCUT2D eigenvalue weighted by molar-refractivity contribution is -0.151. The molecule has 1 N–H and O–H groups in total. The highest BCUT2D eigenvalue weighted by Gasteiger charge is 2.18. The van der Waals surface area contributed by atoms with E-state index in [1.807, 2.05) is 11.5 Å². The maximum absolute atomic E-state index is 10.9. The van der Waals surface area contributed by atoms with Gasteiger partial charge in [0.05, 0.1) is 6.54 Å². The molecule has 0 aromatic carbocycles. The minimum absolute atomic E-state index is 0.312. The van der Waals surface area contributed by atoms with Crippen molar-refractivity contribution >= 4 is 5.97 Å². The molecule has 0 radical (unpaired) electrons. The van der Waals surface area contributed by atoms with Crippen molar-refractivity contribution in [2.45, 2.75) is 32.9 Å². The molecule has 5 heteroatoms. The van der Waals surface area contributed by atoms with E-state index >= 15 is 0 Å². The van der Waals surface area contributed by atoms with Crippen LogP contribution in [0, 0.1) is 0 Å². The van der Waals surface area contributed by atoms with Gasteiger partial charge < -0.3 is 14.4 Å². The molecule has 1 aromatic rings. The zero-order chi connectivity index (χ0) is 11.3. The van der Waals surface area contributed by atoms with Crippen molar-refractivity contribution in [3.05, 3.63) is 18.2 Å². The van der Waals surface area contributed by atoms with E-state index in [0.29, 0.717) is 13.2 Å². The van der Waals surface area contributed by atoms with Crippen molar-refractivity contribution < 1.29 is 14.6 Å². The number of hydrogen-bond donors (Lipinski definition) is 1. The van der Waals surface area contributed by atoms with Crippen molar-refractivity contribution in [2.75, 3.05) is 6.61 Å². The highest BCUT2D eigenvalue weighted by molar-refractivity contribution is 5.72. The molecule has 0 aliphatic rings. The normalized spacial score (nSPS) is 12.7. The van der Waals surface area contributed by atoms with Gasteiger partial charge in [-0.1, -0.05) is 6.92 Å². The third kappa shape index (κ3) is 3.06. The summed E-state index contributed by atoms with van der Waals surface area (Å²) < 4.78 is 6.94. The Balaban J connectivity index is 2.69. The molecule has 0 bridgehead atoms.